The van der Waals surface area contributed by atoms with Crippen molar-refractivity contribution in [3.63, 3.8) is 0 Å². The van der Waals surface area contributed by atoms with Gasteiger partial charge in [0.25, 0.3) is 5.91 Å². The molecule has 3 nitrogen and oxygen atoms in total. The Labute approximate surface area is 110 Å². The van der Waals surface area contributed by atoms with Gasteiger partial charge >= 0.3 is 0 Å². The topological polar surface area (TPSA) is 33.2 Å². The van der Waals surface area contributed by atoms with Gasteiger partial charge in [0.15, 0.2) is 0 Å². The number of amides is 1. The highest BCUT2D eigenvalue weighted by molar-refractivity contribution is 7.07. The van der Waals surface area contributed by atoms with Crippen molar-refractivity contribution in [3.8, 4) is 0 Å². The summed E-state index contributed by atoms with van der Waals surface area (Å²) in [6, 6.07) is 7.81. The van der Waals surface area contributed by atoms with Crippen molar-refractivity contribution >= 4 is 17.2 Å². The maximum absolute atomic E-state index is 12.4. The van der Waals surface area contributed by atoms with Crippen LogP contribution < -0.4 is 0 Å². The van der Waals surface area contributed by atoms with Crippen molar-refractivity contribution in [3.05, 3.63) is 52.5 Å². The Morgan fingerprint density at radius 1 is 1.39 bits per heavy atom. The van der Waals surface area contributed by atoms with Crippen molar-refractivity contribution in [2.24, 2.45) is 0 Å². The summed E-state index contributed by atoms with van der Waals surface area (Å²) in [7, 11) is 0. The summed E-state index contributed by atoms with van der Waals surface area (Å²) in [5.74, 6) is 0.0456. The summed E-state index contributed by atoms with van der Waals surface area (Å²) in [5.41, 5.74) is 1.79. The summed E-state index contributed by atoms with van der Waals surface area (Å²) in [6.45, 7) is 0.829. The number of nitrogens with zero attached hydrogens (tertiary/aromatic N) is 2. The quantitative estimate of drug-likeness (QED) is 0.829. The van der Waals surface area contributed by atoms with Crippen LogP contribution in [0, 0.1) is 0 Å². The van der Waals surface area contributed by atoms with E-state index in [2.05, 4.69) is 21.8 Å². The SMILES string of the molecule is O=C(c1ccccn1)N1CCCC1c1ccsc1. The molecule has 3 rings (SSSR count). The van der Waals surface area contributed by atoms with Crippen molar-refractivity contribution in [1.29, 1.82) is 0 Å². The second-order valence-corrected chi connectivity index (χ2v) is 5.21. The molecule has 0 N–H and O–H groups in total. The number of thiophene rings is 1. The first-order valence-corrected chi connectivity index (χ1v) is 7.04. The zero-order valence-corrected chi connectivity index (χ0v) is 10.8. The average molecular weight is 258 g/mol. The number of carbonyl (C=O) groups excluding carboxylic acids is 1. The molecule has 1 aliphatic heterocycles. The molecule has 0 radical (unpaired) electrons. The molecule has 1 saturated heterocycles. The fraction of sp³-hybridized carbons (Fsp3) is 0.286. The van der Waals surface area contributed by atoms with Gasteiger partial charge < -0.3 is 4.90 Å². The van der Waals surface area contributed by atoms with Gasteiger partial charge in [0.1, 0.15) is 5.69 Å². The molecule has 2 aromatic rings. The van der Waals surface area contributed by atoms with E-state index in [0.717, 1.165) is 19.4 Å². The summed E-state index contributed by atoms with van der Waals surface area (Å²) >= 11 is 1.68. The third-order valence-corrected chi connectivity index (χ3v) is 4.03. The monoisotopic (exact) mass is 258 g/mol. The van der Waals surface area contributed by atoms with E-state index in [1.54, 1.807) is 23.6 Å². The van der Waals surface area contributed by atoms with Crippen LogP contribution in [0.25, 0.3) is 0 Å². The van der Waals surface area contributed by atoms with E-state index in [4.69, 9.17) is 0 Å². The molecule has 0 saturated carbocycles. The van der Waals surface area contributed by atoms with Crippen LogP contribution >= 0.6 is 11.3 Å². The molecule has 1 aliphatic rings. The van der Waals surface area contributed by atoms with Gasteiger partial charge in [-0.05, 0) is 47.4 Å². The Hall–Kier alpha value is -1.68. The Morgan fingerprint density at radius 3 is 3.06 bits per heavy atom. The second-order valence-electron chi connectivity index (χ2n) is 4.43. The molecule has 1 atom stereocenters. The molecule has 4 heteroatoms. The van der Waals surface area contributed by atoms with Gasteiger partial charge in [0, 0.05) is 12.7 Å². The molecule has 1 fully saturated rings. The van der Waals surface area contributed by atoms with Crippen LogP contribution in [0.2, 0.25) is 0 Å². The van der Waals surface area contributed by atoms with Crippen LogP contribution in [-0.4, -0.2) is 22.3 Å². The molecular weight excluding hydrogens is 244 g/mol. The Kier molecular flexibility index (Phi) is 3.11. The van der Waals surface area contributed by atoms with Gasteiger partial charge in [-0.25, -0.2) is 0 Å². The first kappa shape index (κ1) is 11.4. The zero-order chi connectivity index (χ0) is 12.4. The van der Waals surface area contributed by atoms with Crippen LogP contribution in [0.4, 0.5) is 0 Å². The van der Waals surface area contributed by atoms with E-state index in [1.165, 1.54) is 5.56 Å². The Morgan fingerprint density at radius 2 is 2.33 bits per heavy atom. The predicted molar refractivity (Wildman–Crippen MR) is 71.6 cm³/mol. The molecule has 0 spiro atoms. The molecular formula is C14H14N2OS. The Balaban J connectivity index is 1.85. The highest BCUT2D eigenvalue weighted by atomic mass is 32.1. The van der Waals surface area contributed by atoms with E-state index in [9.17, 15) is 4.79 Å². The van der Waals surface area contributed by atoms with E-state index in [-0.39, 0.29) is 11.9 Å². The van der Waals surface area contributed by atoms with Gasteiger partial charge in [-0.3, -0.25) is 9.78 Å². The van der Waals surface area contributed by atoms with E-state index >= 15 is 0 Å². The smallest absolute Gasteiger partial charge is 0.272 e. The summed E-state index contributed by atoms with van der Waals surface area (Å²) in [6.07, 6.45) is 3.79. The van der Waals surface area contributed by atoms with Crippen LogP contribution in [-0.2, 0) is 0 Å². The van der Waals surface area contributed by atoms with Crippen molar-refractivity contribution in [1.82, 2.24) is 9.88 Å². The van der Waals surface area contributed by atoms with Gasteiger partial charge in [-0.15, -0.1) is 0 Å². The average Bonchev–Trinajstić information content (AvgIpc) is 3.09. The highest BCUT2D eigenvalue weighted by Crippen LogP contribution is 2.33. The van der Waals surface area contributed by atoms with Crippen LogP contribution in [0.15, 0.2) is 41.2 Å². The molecule has 1 unspecified atom stereocenters. The molecule has 0 aromatic carbocycles. The highest BCUT2D eigenvalue weighted by Gasteiger charge is 2.31. The van der Waals surface area contributed by atoms with Gasteiger partial charge in [-0.2, -0.15) is 11.3 Å². The molecule has 0 bridgehead atoms. The standard InChI is InChI=1S/C14H14N2OS/c17-14(12-4-1-2-7-15-12)16-8-3-5-13(16)11-6-9-18-10-11/h1-2,4,6-7,9-10,13H,3,5,8H2. The van der Waals surface area contributed by atoms with Crippen LogP contribution in [0.5, 0.6) is 0 Å². The Bertz CT molecular complexity index is 524. The summed E-state index contributed by atoms with van der Waals surface area (Å²) < 4.78 is 0. The van der Waals surface area contributed by atoms with Gasteiger partial charge in [0.05, 0.1) is 6.04 Å². The van der Waals surface area contributed by atoms with Gasteiger partial charge in [-0.1, -0.05) is 6.07 Å². The molecule has 1 amide bonds. The van der Waals surface area contributed by atoms with Crippen molar-refractivity contribution in [2.45, 2.75) is 18.9 Å². The number of pyridine rings is 1. The van der Waals surface area contributed by atoms with Gasteiger partial charge in [0.2, 0.25) is 0 Å². The van der Waals surface area contributed by atoms with Crippen LogP contribution in [0.1, 0.15) is 34.9 Å². The minimum Gasteiger partial charge on any atom is -0.330 e. The lowest BCUT2D eigenvalue weighted by Crippen LogP contribution is -2.30. The largest absolute Gasteiger partial charge is 0.330 e. The zero-order valence-electron chi connectivity index (χ0n) is 9.95. The number of aromatic nitrogens is 1. The molecule has 3 heterocycles. The summed E-state index contributed by atoms with van der Waals surface area (Å²) in [4.78, 5) is 18.5. The minimum absolute atomic E-state index is 0.0456. The first-order chi connectivity index (χ1) is 8.86. The molecule has 18 heavy (non-hydrogen) atoms. The van der Waals surface area contributed by atoms with E-state index < -0.39 is 0 Å². The number of rotatable bonds is 2. The van der Waals surface area contributed by atoms with Crippen molar-refractivity contribution in [2.75, 3.05) is 6.54 Å². The van der Waals surface area contributed by atoms with Crippen molar-refractivity contribution < 1.29 is 4.79 Å². The fourth-order valence-electron chi connectivity index (χ4n) is 2.46. The summed E-state index contributed by atoms with van der Waals surface area (Å²) in [5, 5.41) is 4.20. The normalized spacial score (nSPS) is 19.1. The van der Waals surface area contributed by atoms with E-state index in [0.29, 0.717) is 5.69 Å². The third-order valence-electron chi connectivity index (χ3n) is 3.33. The molecule has 0 aliphatic carbocycles. The lowest BCUT2D eigenvalue weighted by Gasteiger charge is -2.23. The fourth-order valence-corrected chi connectivity index (χ4v) is 3.16. The maximum atomic E-state index is 12.4. The maximum Gasteiger partial charge on any atom is 0.272 e. The van der Waals surface area contributed by atoms with Crippen LogP contribution in [0.3, 0.4) is 0 Å². The van der Waals surface area contributed by atoms with E-state index in [1.807, 2.05) is 17.0 Å². The first-order valence-electron chi connectivity index (χ1n) is 6.10. The second kappa shape index (κ2) is 4.90. The lowest BCUT2D eigenvalue weighted by molar-refractivity contribution is 0.0730. The number of hydrogen-bond donors (Lipinski definition) is 0. The minimum atomic E-state index is 0.0456. The third kappa shape index (κ3) is 2.04. The number of likely N-dealkylation sites (tertiary alicyclic amines) is 1. The molecule has 92 valence electrons. The lowest BCUT2D eigenvalue weighted by atomic mass is 10.1. The molecule has 2 aromatic heterocycles. The predicted octanol–water partition coefficient (Wildman–Crippen LogP) is 3.12. The number of carbonyl (C=O) groups is 1. The number of hydrogen-bond acceptors (Lipinski definition) is 3.